The molecular formula is C19H29ClN2O2. The molecule has 1 fully saturated rings. The van der Waals surface area contributed by atoms with E-state index in [1.807, 2.05) is 24.3 Å². The zero-order chi connectivity index (χ0) is 16.8. The maximum absolute atomic E-state index is 12.2. The summed E-state index contributed by atoms with van der Waals surface area (Å²) in [5.41, 5.74) is 7.60. The normalized spacial score (nSPS) is 14.8. The quantitative estimate of drug-likeness (QED) is 0.671. The number of halogens is 1. The van der Waals surface area contributed by atoms with Crippen LogP contribution in [0.1, 0.15) is 55.5 Å². The van der Waals surface area contributed by atoms with Gasteiger partial charge in [0.25, 0.3) is 0 Å². The molecule has 4 nitrogen and oxygen atoms in total. The highest BCUT2D eigenvalue weighted by molar-refractivity contribution is 5.98. The Bertz CT molecular complexity index is 539. The highest BCUT2D eigenvalue weighted by Crippen LogP contribution is 2.32. The van der Waals surface area contributed by atoms with Crippen LogP contribution in [0, 0.1) is 11.8 Å². The Hall–Kier alpha value is -1.39. The number of Topliss-reactive ketones (excluding diaryl/α,β-unsaturated/α-hetero) is 1. The number of hydrogen-bond donors (Lipinski definition) is 2. The van der Waals surface area contributed by atoms with Gasteiger partial charge in [-0.1, -0.05) is 38.1 Å². The largest absolute Gasteiger partial charge is 0.352 e. The van der Waals surface area contributed by atoms with Gasteiger partial charge in [-0.15, -0.1) is 12.4 Å². The summed E-state index contributed by atoms with van der Waals surface area (Å²) in [5.74, 6) is 1.08. The van der Waals surface area contributed by atoms with Crippen LogP contribution < -0.4 is 11.1 Å². The van der Waals surface area contributed by atoms with Gasteiger partial charge in [-0.05, 0) is 36.7 Å². The first-order chi connectivity index (χ1) is 11.0. The lowest BCUT2D eigenvalue weighted by Gasteiger charge is -2.15. The minimum absolute atomic E-state index is 0. The standard InChI is InChI=1S/C19H28N2O2.ClH/c1-13(2)11-14-3-5-16(6-4-14)18(22)9-10-19(23)21-17(12-20)15-7-8-15;/h3-6,13,15,17H,7-12,20H2,1-2H3,(H,21,23);1H. The Labute approximate surface area is 151 Å². The van der Waals surface area contributed by atoms with Gasteiger partial charge in [0.05, 0.1) is 0 Å². The Morgan fingerprint density at radius 3 is 2.29 bits per heavy atom. The molecule has 24 heavy (non-hydrogen) atoms. The van der Waals surface area contributed by atoms with Crippen LogP contribution in [0.5, 0.6) is 0 Å². The molecule has 1 amide bonds. The fraction of sp³-hybridized carbons (Fsp3) is 0.579. The molecule has 1 saturated carbocycles. The molecule has 0 aromatic heterocycles. The van der Waals surface area contributed by atoms with E-state index < -0.39 is 0 Å². The summed E-state index contributed by atoms with van der Waals surface area (Å²) >= 11 is 0. The van der Waals surface area contributed by atoms with Gasteiger partial charge in [-0.2, -0.15) is 0 Å². The summed E-state index contributed by atoms with van der Waals surface area (Å²) in [5, 5.41) is 2.95. The molecular weight excluding hydrogens is 324 g/mol. The van der Waals surface area contributed by atoms with Crippen molar-refractivity contribution in [1.29, 1.82) is 0 Å². The fourth-order valence-electron chi connectivity index (χ4n) is 2.82. The molecule has 0 radical (unpaired) electrons. The van der Waals surface area contributed by atoms with Crippen LogP contribution >= 0.6 is 12.4 Å². The van der Waals surface area contributed by atoms with Crippen molar-refractivity contribution >= 4 is 24.1 Å². The maximum atomic E-state index is 12.2. The molecule has 5 heteroatoms. The molecule has 2 rings (SSSR count). The molecule has 0 heterocycles. The second-order valence-corrected chi connectivity index (χ2v) is 6.97. The van der Waals surface area contributed by atoms with E-state index in [2.05, 4.69) is 19.2 Å². The van der Waals surface area contributed by atoms with Gasteiger partial charge in [0.2, 0.25) is 5.91 Å². The predicted octanol–water partition coefficient (Wildman–Crippen LogP) is 3.12. The number of ketones is 1. The van der Waals surface area contributed by atoms with E-state index in [0.29, 0.717) is 23.9 Å². The minimum atomic E-state index is -0.0721. The van der Waals surface area contributed by atoms with Crippen molar-refractivity contribution in [2.24, 2.45) is 17.6 Å². The van der Waals surface area contributed by atoms with E-state index in [1.165, 1.54) is 5.56 Å². The summed E-state index contributed by atoms with van der Waals surface area (Å²) in [6, 6.07) is 7.82. The zero-order valence-corrected chi connectivity index (χ0v) is 15.4. The summed E-state index contributed by atoms with van der Waals surface area (Å²) in [6.45, 7) is 4.82. The van der Waals surface area contributed by atoms with Gasteiger partial charge < -0.3 is 11.1 Å². The summed E-state index contributed by atoms with van der Waals surface area (Å²) in [4.78, 5) is 24.1. The van der Waals surface area contributed by atoms with Crippen molar-refractivity contribution in [3.63, 3.8) is 0 Å². The number of carbonyl (C=O) groups is 2. The monoisotopic (exact) mass is 352 g/mol. The molecule has 0 bridgehead atoms. The number of amides is 1. The maximum Gasteiger partial charge on any atom is 0.220 e. The van der Waals surface area contributed by atoms with Crippen LogP contribution in [0.15, 0.2) is 24.3 Å². The molecule has 134 valence electrons. The predicted molar refractivity (Wildman–Crippen MR) is 99.5 cm³/mol. The van der Waals surface area contributed by atoms with Gasteiger partial charge in [0, 0.05) is 31.0 Å². The first-order valence-corrected chi connectivity index (χ1v) is 8.61. The van der Waals surface area contributed by atoms with E-state index in [1.54, 1.807) is 0 Å². The lowest BCUT2D eigenvalue weighted by atomic mass is 9.99. The van der Waals surface area contributed by atoms with Crippen molar-refractivity contribution < 1.29 is 9.59 Å². The van der Waals surface area contributed by atoms with Crippen LogP contribution in [-0.2, 0) is 11.2 Å². The van der Waals surface area contributed by atoms with Crippen molar-refractivity contribution in [2.45, 2.75) is 52.0 Å². The van der Waals surface area contributed by atoms with Crippen LogP contribution in [0.4, 0.5) is 0 Å². The second-order valence-electron chi connectivity index (χ2n) is 6.97. The van der Waals surface area contributed by atoms with Gasteiger partial charge in [-0.3, -0.25) is 9.59 Å². The Balaban J connectivity index is 0.00000288. The van der Waals surface area contributed by atoms with Crippen LogP contribution in [0.25, 0.3) is 0 Å². The molecule has 1 aromatic carbocycles. The number of rotatable bonds is 9. The van der Waals surface area contributed by atoms with E-state index in [9.17, 15) is 9.59 Å². The van der Waals surface area contributed by atoms with Crippen molar-refractivity contribution in [3.8, 4) is 0 Å². The van der Waals surface area contributed by atoms with Crippen molar-refractivity contribution in [2.75, 3.05) is 6.54 Å². The van der Waals surface area contributed by atoms with Gasteiger partial charge in [0.15, 0.2) is 5.78 Å². The van der Waals surface area contributed by atoms with Gasteiger partial charge in [-0.25, -0.2) is 0 Å². The number of hydrogen-bond acceptors (Lipinski definition) is 3. The Morgan fingerprint density at radius 2 is 1.79 bits per heavy atom. The van der Waals surface area contributed by atoms with Crippen molar-refractivity contribution in [3.05, 3.63) is 35.4 Å². The molecule has 1 unspecified atom stereocenters. The molecule has 1 aliphatic carbocycles. The lowest BCUT2D eigenvalue weighted by molar-refractivity contribution is -0.121. The molecule has 1 atom stereocenters. The molecule has 0 aliphatic heterocycles. The third-order valence-corrected chi connectivity index (χ3v) is 4.29. The number of carbonyl (C=O) groups excluding carboxylic acids is 2. The molecule has 1 aliphatic rings. The first kappa shape index (κ1) is 20.7. The SMILES string of the molecule is CC(C)Cc1ccc(C(=O)CCC(=O)NC(CN)C2CC2)cc1.Cl. The summed E-state index contributed by atoms with van der Waals surface area (Å²) in [6.07, 6.45) is 3.78. The molecule has 3 N–H and O–H groups in total. The summed E-state index contributed by atoms with van der Waals surface area (Å²) in [7, 11) is 0. The van der Waals surface area contributed by atoms with Crippen LogP contribution in [0.3, 0.4) is 0 Å². The van der Waals surface area contributed by atoms with Crippen LogP contribution in [0.2, 0.25) is 0 Å². The van der Waals surface area contributed by atoms with E-state index >= 15 is 0 Å². The molecule has 1 aromatic rings. The average molecular weight is 353 g/mol. The number of benzene rings is 1. The minimum Gasteiger partial charge on any atom is -0.352 e. The van der Waals surface area contributed by atoms with E-state index in [-0.39, 0.29) is 43.0 Å². The zero-order valence-electron chi connectivity index (χ0n) is 14.6. The highest BCUT2D eigenvalue weighted by atomic mass is 35.5. The van der Waals surface area contributed by atoms with E-state index in [0.717, 1.165) is 19.3 Å². The Morgan fingerprint density at radius 1 is 1.17 bits per heavy atom. The number of nitrogens with one attached hydrogen (secondary N) is 1. The average Bonchev–Trinajstić information content (AvgIpc) is 3.35. The first-order valence-electron chi connectivity index (χ1n) is 8.61. The van der Waals surface area contributed by atoms with Gasteiger partial charge >= 0.3 is 0 Å². The smallest absolute Gasteiger partial charge is 0.220 e. The molecule has 0 saturated heterocycles. The lowest BCUT2D eigenvalue weighted by Crippen LogP contribution is -2.41. The number of nitrogens with two attached hydrogens (primary N) is 1. The highest BCUT2D eigenvalue weighted by Gasteiger charge is 2.31. The van der Waals surface area contributed by atoms with Gasteiger partial charge in [0.1, 0.15) is 0 Å². The Kier molecular flexibility index (Phi) is 8.43. The summed E-state index contributed by atoms with van der Waals surface area (Å²) < 4.78 is 0. The van der Waals surface area contributed by atoms with E-state index in [4.69, 9.17) is 5.73 Å². The van der Waals surface area contributed by atoms with Crippen molar-refractivity contribution in [1.82, 2.24) is 5.32 Å². The fourth-order valence-corrected chi connectivity index (χ4v) is 2.82. The third kappa shape index (κ3) is 6.62. The third-order valence-electron chi connectivity index (χ3n) is 4.29. The topological polar surface area (TPSA) is 72.2 Å². The molecule has 0 spiro atoms. The second kappa shape index (κ2) is 9.80. The van der Waals surface area contributed by atoms with Crippen LogP contribution in [-0.4, -0.2) is 24.3 Å².